The lowest BCUT2D eigenvalue weighted by atomic mass is 10.1. The lowest BCUT2D eigenvalue weighted by molar-refractivity contribution is 0.628. The van der Waals surface area contributed by atoms with Gasteiger partial charge in [-0.05, 0) is 23.8 Å². The SMILES string of the molecule is Nc1cc(-c2ccc(F)cc2)c(Cl)nn1. The van der Waals surface area contributed by atoms with Crippen LogP contribution in [0.15, 0.2) is 30.3 Å². The Kier molecular flexibility index (Phi) is 2.51. The van der Waals surface area contributed by atoms with E-state index in [4.69, 9.17) is 17.3 Å². The van der Waals surface area contributed by atoms with Crippen molar-refractivity contribution in [2.75, 3.05) is 5.73 Å². The van der Waals surface area contributed by atoms with Gasteiger partial charge >= 0.3 is 0 Å². The number of aromatic nitrogens is 2. The van der Waals surface area contributed by atoms with Crippen LogP contribution < -0.4 is 5.73 Å². The number of nitrogen functional groups attached to an aromatic ring is 1. The molecule has 0 unspecified atom stereocenters. The molecule has 2 aromatic rings. The van der Waals surface area contributed by atoms with Gasteiger partial charge in [0.2, 0.25) is 0 Å². The Bertz CT molecular complexity index is 485. The Morgan fingerprint density at radius 2 is 1.80 bits per heavy atom. The highest BCUT2D eigenvalue weighted by Crippen LogP contribution is 2.26. The van der Waals surface area contributed by atoms with Gasteiger partial charge in [0.15, 0.2) is 5.15 Å². The average Bonchev–Trinajstić information content (AvgIpc) is 2.23. The van der Waals surface area contributed by atoms with E-state index in [0.29, 0.717) is 5.56 Å². The van der Waals surface area contributed by atoms with Crippen LogP contribution in [0.4, 0.5) is 10.2 Å². The molecule has 1 heterocycles. The van der Waals surface area contributed by atoms with Gasteiger partial charge in [-0.25, -0.2) is 4.39 Å². The Morgan fingerprint density at radius 1 is 1.13 bits per heavy atom. The molecule has 1 aromatic carbocycles. The van der Waals surface area contributed by atoms with Gasteiger partial charge in [0.1, 0.15) is 11.6 Å². The van der Waals surface area contributed by atoms with Crippen molar-refractivity contribution in [1.82, 2.24) is 10.2 Å². The van der Waals surface area contributed by atoms with Crippen molar-refractivity contribution in [2.45, 2.75) is 0 Å². The molecule has 0 spiro atoms. The van der Waals surface area contributed by atoms with Crippen LogP contribution in [0.5, 0.6) is 0 Å². The topological polar surface area (TPSA) is 51.8 Å². The summed E-state index contributed by atoms with van der Waals surface area (Å²) >= 11 is 5.85. The minimum absolute atomic E-state index is 0.246. The van der Waals surface area contributed by atoms with Crippen LogP contribution in [0.2, 0.25) is 5.15 Å². The third-order valence-corrected chi connectivity index (χ3v) is 2.20. The molecule has 0 radical (unpaired) electrons. The molecule has 2 rings (SSSR count). The molecule has 2 N–H and O–H groups in total. The van der Waals surface area contributed by atoms with Gasteiger partial charge in [-0.2, -0.15) is 0 Å². The predicted molar refractivity (Wildman–Crippen MR) is 56.8 cm³/mol. The molecule has 0 saturated heterocycles. The molecular formula is C10H7ClFN3. The first-order valence-corrected chi connectivity index (χ1v) is 4.59. The first kappa shape index (κ1) is 9.86. The largest absolute Gasteiger partial charge is 0.382 e. The van der Waals surface area contributed by atoms with E-state index < -0.39 is 0 Å². The molecular weight excluding hydrogens is 217 g/mol. The van der Waals surface area contributed by atoms with Crippen molar-refractivity contribution in [3.05, 3.63) is 41.3 Å². The molecule has 0 aliphatic rings. The van der Waals surface area contributed by atoms with E-state index in [1.165, 1.54) is 12.1 Å². The summed E-state index contributed by atoms with van der Waals surface area (Å²) in [5, 5.41) is 7.52. The third kappa shape index (κ3) is 2.05. The predicted octanol–water partition coefficient (Wildman–Crippen LogP) is 2.52. The van der Waals surface area contributed by atoms with Gasteiger partial charge in [0.05, 0.1) is 0 Å². The van der Waals surface area contributed by atoms with E-state index in [2.05, 4.69) is 10.2 Å². The second-order valence-corrected chi connectivity index (χ2v) is 3.34. The number of hydrogen-bond acceptors (Lipinski definition) is 3. The van der Waals surface area contributed by atoms with Gasteiger partial charge in [-0.1, -0.05) is 23.7 Å². The Hall–Kier alpha value is -1.68. The van der Waals surface area contributed by atoms with Crippen molar-refractivity contribution in [3.8, 4) is 11.1 Å². The van der Waals surface area contributed by atoms with Crippen LogP contribution in [0.1, 0.15) is 0 Å². The van der Waals surface area contributed by atoms with Gasteiger partial charge in [0.25, 0.3) is 0 Å². The molecule has 3 nitrogen and oxygen atoms in total. The highest BCUT2D eigenvalue weighted by atomic mass is 35.5. The zero-order chi connectivity index (χ0) is 10.8. The number of nitrogens with two attached hydrogens (primary N) is 1. The highest BCUT2D eigenvalue weighted by molar-refractivity contribution is 6.32. The van der Waals surface area contributed by atoms with Gasteiger partial charge in [-0.15, -0.1) is 10.2 Å². The van der Waals surface area contributed by atoms with Gasteiger partial charge in [0, 0.05) is 5.56 Å². The number of hydrogen-bond donors (Lipinski definition) is 1. The van der Waals surface area contributed by atoms with E-state index in [1.807, 2.05) is 0 Å². The Balaban J connectivity index is 2.53. The number of benzene rings is 1. The fourth-order valence-electron chi connectivity index (χ4n) is 1.22. The number of anilines is 1. The summed E-state index contributed by atoms with van der Waals surface area (Å²) < 4.78 is 12.7. The molecule has 5 heteroatoms. The van der Waals surface area contributed by atoms with E-state index in [0.717, 1.165) is 5.56 Å². The molecule has 76 valence electrons. The van der Waals surface area contributed by atoms with Crippen LogP contribution >= 0.6 is 11.6 Å². The zero-order valence-corrected chi connectivity index (χ0v) is 8.37. The van der Waals surface area contributed by atoms with Crippen LogP contribution in [0.3, 0.4) is 0 Å². The second-order valence-electron chi connectivity index (χ2n) is 2.98. The van der Waals surface area contributed by atoms with Gasteiger partial charge < -0.3 is 5.73 Å². The minimum Gasteiger partial charge on any atom is -0.382 e. The number of rotatable bonds is 1. The second kappa shape index (κ2) is 3.82. The first-order valence-electron chi connectivity index (χ1n) is 4.21. The Labute approximate surface area is 90.7 Å². The van der Waals surface area contributed by atoms with Crippen LogP contribution in [0, 0.1) is 5.82 Å². The third-order valence-electron chi connectivity index (χ3n) is 1.92. The monoisotopic (exact) mass is 223 g/mol. The van der Waals surface area contributed by atoms with E-state index in [1.54, 1.807) is 18.2 Å². The summed E-state index contributed by atoms with van der Waals surface area (Å²) in [6, 6.07) is 7.52. The fourth-order valence-corrected chi connectivity index (χ4v) is 1.43. The standard InChI is InChI=1S/C10H7ClFN3/c11-10-8(5-9(13)14-15-10)6-1-3-7(12)4-2-6/h1-5H,(H2,13,14). The van der Waals surface area contributed by atoms with Crippen molar-refractivity contribution in [2.24, 2.45) is 0 Å². The summed E-state index contributed by atoms with van der Waals surface area (Å²) in [6.45, 7) is 0. The van der Waals surface area contributed by atoms with Crippen molar-refractivity contribution >= 4 is 17.4 Å². The van der Waals surface area contributed by atoms with Crippen molar-refractivity contribution in [1.29, 1.82) is 0 Å². The van der Waals surface area contributed by atoms with Crippen LogP contribution in [0.25, 0.3) is 11.1 Å². The summed E-state index contributed by atoms with van der Waals surface area (Å²) in [4.78, 5) is 0. The van der Waals surface area contributed by atoms with Crippen LogP contribution in [-0.2, 0) is 0 Å². The lowest BCUT2D eigenvalue weighted by Gasteiger charge is -2.03. The average molecular weight is 224 g/mol. The van der Waals surface area contributed by atoms with E-state index in [9.17, 15) is 4.39 Å². The molecule has 0 bridgehead atoms. The molecule has 0 amide bonds. The summed E-state index contributed by atoms with van der Waals surface area (Å²) in [6.07, 6.45) is 0. The molecule has 0 aliphatic carbocycles. The summed E-state index contributed by atoms with van der Waals surface area (Å²) in [5.74, 6) is -0.0245. The zero-order valence-electron chi connectivity index (χ0n) is 7.61. The van der Waals surface area contributed by atoms with E-state index in [-0.39, 0.29) is 16.8 Å². The highest BCUT2D eigenvalue weighted by Gasteiger charge is 2.06. The smallest absolute Gasteiger partial charge is 0.159 e. The van der Waals surface area contributed by atoms with Crippen molar-refractivity contribution in [3.63, 3.8) is 0 Å². The number of halogens is 2. The van der Waals surface area contributed by atoms with Crippen molar-refractivity contribution < 1.29 is 4.39 Å². The molecule has 15 heavy (non-hydrogen) atoms. The van der Waals surface area contributed by atoms with Crippen LogP contribution in [-0.4, -0.2) is 10.2 Å². The lowest BCUT2D eigenvalue weighted by Crippen LogP contribution is -1.94. The first-order chi connectivity index (χ1) is 7.16. The number of nitrogens with zero attached hydrogens (tertiary/aromatic N) is 2. The molecule has 1 aromatic heterocycles. The molecule has 0 saturated carbocycles. The normalized spacial score (nSPS) is 10.3. The molecule has 0 aliphatic heterocycles. The maximum Gasteiger partial charge on any atom is 0.159 e. The molecule has 0 fully saturated rings. The molecule has 0 atom stereocenters. The maximum atomic E-state index is 12.7. The van der Waals surface area contributed by atoms with E-state index >= 15 is 0 Å². The summed E-state index contributed by atoms with van der Waals surface area (Å²) in [5.41, 5.74) is 6.88. The quantitative estimate of drug-likeness (QED) is 0.808. The Morgan fingerprint density at radius 3 is 2.47 bits per heavy atom. The van der Waals surface area contributed by atoms with Gasteiger partial charge in [-0.3, -0.25) is 0 Å². The fraction of sp³-hybridized carbons (Fsp3) is 0. The maximum absolute atomic E-state index is 12.7. The summed E-state index contributed by atoms with van der Waals surface area (Å²) in [7, 11) is 0. The minimum atomic E-state index is -0.301.